The molecule has 3 aromatic carbocycles. The number of thioether (sulfide) groups is 1. The lowest BCUT2D eigenvalue weighted by atomic mass is 10.1. The van der Waals surface area contributed by atoms with Crippen molar-refractivity contribution in [3.8, 4) is 0 Å². The highest BCUT2D eigenvalue weighted by Gasteiger charge is 2.41. The average Bonchev–Trinajstić information content (AvgIpc) is 3.19. The summed E-state index contributed by atoms with van der Waals surface area (Å²) in [6.45, 7) is 2.06. The van der Waals surface area contributed by atoms with Crippen LogP contribution in [-0.4, -0.2) is 39.5 Å². The Hall–Kier alpha value is -3.71. The number of nitrogens with zero attached hydrogens (tertiary/aromatic N) is 3. The van der Waals surface area contributed by atoms with Crippen LogP contribution in [0.3, 0.4) is 0 Å². The zero-order chi connectivity index (χ0) is 23.5. The summed E-state index contributed by atoms with van der Waals surface area (Å²) < 4.78 is 0. The van der Waals surface area contributed by atoms with Gasteiger partial charge in [-0.2, -0.15) is 0 Å². The van der Waals surface area contributed by atoms with Crippen molar-refractivity contribution in [1.29, 1.82) is 0 Å². The Morgan fingerprint density at radius 2 is 1.74 bits per heavy atom. The molecular weight excluding hydrogens is 444 g/mol. The Bertz CT molecular complexity index is 1300. The topological polar surface area (TPSA) is 74.1 Å². The number of carbonyl (C=O) groups is 2. The largest absolute Gasteiger partial charge is 0.325 e. The van der Waals surface area contributed by atoms with Gasteiger partial charge >= 0.3 is 0 Å². The third-order valence-electron chi connectivity index (χ3n) is 5.82. The lowest BCUT2D eigenvalue weighted by Gasteiger charge is -2.25. The van der Waals surface area contributed by atoms with E-state index < -0.39 is 6.04 Å². The van der Waals surface area contributed by atoms with Gasteiger partial charge in [0.2, 0.25) is 5.91 Å². The molecule has 1 atom stereocenters. The number of aryl methyl sites for hydroxylation is 1. The van der Waals surface area contributed by atoms with Crippen LogP contribution < -0.4 is 5.32 Å². The van der Waals surface area contributed by atoms with E-state index >= 15 is 0 Å². The van der Waals surface area contributed by atoms with Gasteiger partial charge in [-0.1, -0.05) is 79.3 Å². The average molecular weight is 469 g/mol. The first kappa shape index (κ1) is 22.1. The summed E-state index contributed by atoms with van der Waals surface area (Å²) in [5, 5.41) is 3.47. The number of benzene rings is 3. The monoisotopic (exact) mass is 468 g/mol. The van der Waals surface area contributed by atoms with Crippen LogP contribution >= 0.6 is 11.8 Å². The molecule has 0 bridgehead atoms. The number of amidine groups is 2. The summed E-state index contributed by atoms with van der Waals surface area (Å²) >= 11 is 1.25. The fourth-order valence-electron chi connectivity index (χ4n) is 4.14. The molecule has 170 valence electrons. The Morgan fingerprint density at radius 3 is 2.56 bits per heavy atom. The molecule has 0 aromatic heterocycles. The van der Waals surface area contributed by atoms with E-state index in [0.717, 1.165) is 34.5 Å². The lowest BCUT2D eigenvalue weighted by molar-refractivity contribution is -0.124. The Balaban J connectivity index is 1.36. The molecule has 0 saturated heterocycles. The lowest BCUT2D eigenvalue weighted by Crippen LogP contribution is -2.41. The van der Waals surface area contributed by atoms with Gasteiger partial charge in [-0.05, 0) is 35.7 Å². The highest BCUT2D eigenvalue weighted by Crippen LogP contribution is 2.34. The number of fused-ring (bicyclic) bond motifs is 3. The molecule has 6 nitrogen and oxygen atoms in total. The minimum absolute atomic E-state index is 0.114. The summed E-state index contributed by atoms with van der Waals surface area (Å²) in [5.41, 5.74) is 4.53. The molecule has 0 fully saturated rings. The predicted molar refractivity (Wildman–Crippen MR) is 138 cm³/mol. The highest BCUT2D eigenvalue weighted by molar-refractivity contribution is 8.14. The van der Waals surface area contributed by atoms with Crippen molar-refractivity contribution >= 4 is 46.0 Å². The first-order valence-corrected chi connectivity index (χ1v) is 12.3. The van der Waals surface area contributed by atoms with E-state index in [9.17, 15) is 9.59 Å². The second-order valence-electron chi connectivity index (χ2n) is 8.09. The SMILES string of the molecule is CCc1ccccc1NC(=O)CSC1=Nc2ccccc2C2=N[C@@H](Cc3ccccc3)C(=O)N12. The Morgan fingerprint density at radius 1 is 1.00 bits per heavy atom. The van der Waals surface area contributed by atoms with Gasteiger partial charge in [0.25, 0.3) is 5.91 Å². The molecule has 0 saturated carbocycles. The molecule has 0 radical (unpaired) electrons. The summed E-state index contributed by atoms with van der Waals surface area (Å²) in [7, 11) is 0. The van der Waals surface area contributed by atoms with Gasteiger partial charge in [-0.15, -0.1) is 0 Å². The molecule has 1 N–H and O–H groups in total. The zero-order valence-corrected chi connectivity index (χ0v) is 19.6. The maximum Gasteiger partial charge on any atom is 0.259 e. The van der Waals surface area contributed by atoms with Gasteiger partial charge in [-0.25, -0.2) is 9.89 Å². The molecule has 2 heterocycles. The van der Waals surface area contributed by atoms with Crippen molar-refractivity contribution in [3.05, 3.63) is 95.6 Å². The molecule has 2 aliphatic heterocycles. The summed E-state index contributed by atoms with van der Waals surface area (Å²) in [6.07, 6.45) is 1.35. The fraction of sp³-hybridized carbons (Fsp3) is 0.185. The number of para-hydroxylation sites is 2. The van der Waals surface area contributed by atoms with Gasteiger partial charge in [0.15, 0.2) is 5.17 Å². The smallest absolute Gasteiger partial charge is 0.259 e. The molecule has 7 heteroatoms. The fourth-order valence-corrected chi connectivity index (χ4v) is 4.94. The van der Waals surface area contributed by atoms with E-state index in [1.54, 1.807) is 4.90 Å². The number of hydrogen-bond donors (Lipinski definition) is 1. The maximum atomic E-state index is 13.4. The number of rotatable bonds is 6. The van der Waals surface area contributed by atoms with Crippen molar-refractivity contribution in [2.24, 2.45) is 9.98 Å². The number of hydrogen-bond acceptors (Lipinski definition) is 5. The summed E-state index contributed by atoms with van der Waals surface area (Å²) in [6, 6.07) is 24.8. The second kappa shape index (κ2) is 9.65. The normalized spacial score (nSPS) is 16.4. The highest BCUT2D eigenvalue weighted by atomic mass is 32.2. The molecule has 0 aliphatic carbocycles. The molecule has 2 amide bonds. The van der Waals surface area contributed by atoms with Gasteiger partial charge < -0.3 is 5.32 Å². The summed E-state index contributed by atoms with van der Waals surface area (Å²) in [4.78, 5) is 37.2. The van der Waals surface area contributed by atoms with E-state index in [1.807, 2.05) is 78.9 Å². The van der Waals surface area contributed by atoms with Crippen LogP contribution in [0.25, 0.3) is 0 Å². The first-order chi connectivity index (χ1) is 16.6. The minimum atomic E-state index is -0.514. The molecule has 0 spiro atoms. The number of carbonyl (C=O) groups excluding carboxylic acids is 2. The second-order valence-corrected chi connectivity index (χ2v) is 9.03. The standard InChI is InChI=1S/C27H24N4O2S/c1-2-19-12-6-8-14-21(19)28-24(32)17-34-27-30-22-15-9-7-13-20(22)25-29-23(26(33)31(25)27)16-18-10-4-3-5-11-18/h3-15,23H,2,16-17H2,1H3,(H,28,32)/t23-/m0/s1. The molecule has 5 rings (SSSR count). The van der Waals surface area contributed by atoms with E-state index in [2.05, 4.69) is 12.2 Å². The van der Waals surface area contributed by atoms with Crippen LogP contribution in [0.1, 0.15) is 23.6 Å². The van der Waals surface area contributed by atoms with Crippen molar-refractivity contribution in [2.75, 3.05) is 11.1 Å². The number of nitrogens with one attached hydrogen (secondary N) is 1. The Labute approximate surface area is 202 Å². The first-order valence-electron chi connectivity index (χ1n) is 11.3. The van der Waals surface area contributed by atoms with Crippen LogP contribution in [0, 0.1) is 0 Å². The van der Waals surface area contributed by atoms with E-state index in [0.29, 0.717) is 17.4 Å². The van der Waals surface area contributed by atoms with E-state index in [4.69, 9.17) is 9.98 Å². The number of anilines is 1. The van der Waals surface area contributed by atoms with Crippen LogP contribution in [0.4, 0.5) is 11.4 Å². The third kappa shape index (κ3) is 4.39. The van der Waals surface area contributed by atoms with Crippen molar-refractivity contribution < 1.29 is 9.59 Å². The Kier molecular flexibility index (Phi) is 6.27. The van der Waals surface area contributed by atoms with Crippen molar-refractivity contribution in [3.63, 3.8) is 0 Å². The molecule has 34 heavy (non-hydrogen) atoms. The third-order valence-corrected chi connectivity index (χ3v) is 6.76. The molecule has 3 aromatic rings. The van der Waals surface area contributed by atoms with Gasteiger partial charge in [0.1, 0.15) is 11.9 Å². The van der Waals surface area contributed by atoms with Crippen molar-refractivity contribution in [2.45, 2.75) is 25.8 Å². The number of amides is 2. The van der Waals surface area contributed by atoms with Crippen LogP contribution in [0.2, 0.25) is 0 Å². The maximum absolute atomic E-state index is 13.4. The zero-order valence-electron chi connectivity index (χ0n) is 18.8. The number of aliphatic imine (C=N–C) groups is 2. The van der Waals surface area contributed by atoms with Crippen molar-refractivity contribution in [1.82, 2.24) is 4.90 Å². The van der Waals surface area contributed by atoms with Crippen LogP contribution in [0.5, 0.6) is 0 Å². The van der Waals surface area contributed by atoms with E-state index in [1.165, 1.54) is 11.8 Å². The van der Waals surface area contributed by atoms with E-state index in [-0.39, 0.29) is 17.6 Å². The molecular formula is C27H24N4O2S. The summed E-state index contributed by atoms with van der Waals surface area (Å²) in [5.74, 6) is 0.491. The van der Waals surface area contributed by atoms with Gasteiger partial charge in [-0.3, -0.25) is 14.6 Å². The molecule has 0 unspecified atom stereocenters. The van der Waals surface area contributed by atoms with Gasteiger partial charge in [0.05, 0.1) is 11.4 Å². The minimum Gasteiger partial charge on any atom is -0.325 e. The predicted octanol–water partition coefficient (Wildman–Crippen LogP) is 4.82. The molecule has 2 aliphatic rings. The quantitative estimate of drug-likeness (QED) is 0.564. The van der Waals surface area contributed by atoms with Crippen LogP contribution in [0.15, 0.2) is 88.8 Å². The van der Waals surface area contributed by atoms with Crippen LogP contribution in [-0.2, 0) is 22.4 Å². The van der Waals surface area contributed by atoms with Gasteiger partial charge in [0, 0.05) is 17.7 Å².